The Morgan fingerprint density at radius 3 is 2.57 bits per heavy atom. The van der Waals surface area contributed by atoms with Crippen LogP contribution in [0.5, 0.6) is 5.75 Å². The molecule has 3 nitrogen and oxygen atoms in total. The monoisotopic (exact) mass is 309 g/mol. The summed E-state index contributed by atoms with van der Waals surface area (Å²) in [6.07, 6.45) is -0.619. The smallest absolute Gasteiger partial charge is 0.141 e. The van der Waals surface area contributed by atoms with Gasteiger partial charge in [0.15, 0.2) is 0 Å². The molecule has 0 aliphatic carbocycles. The van der Waals surface area contributed by atoms with Crippen molar-refractivity contribution in [3.63, 3.8) is 0 Å². The molecule has 0 fully saturated rings. The summed E-state index contributed by atoms with van der Waals surface area (Å²) in [4.78, 5) is 0. The predicted octanol–water partition coefficient (Wildman–Crippen LogP) is 3.31. The van der Waals surface area contributed by atoms with Gasteiger partial charge < -0.3 is 15.2 Å². The van der Waals surface area contributed by atoms with Crippen LogP contribution in [0.3, 0.4) is 0 Å². The van der Waals surface area contributed by atoms with Crippen molar-refractivity contribution in [3.8, 4) is 5.75 Å². The standard InChI is InChI=1S/C16H17ClFNO2/c1-21-13-5-3-12(4-6-13)16(20)10-19-9-11-2-7-15(18)14(17)8-11/h2-8,16,19-20H,9-10H2,1H3/t16-/m0/s1. The van der Waals surface area contributed by atoms with Gasteiger partial charge >= 0.3 is 0 Å². The van der Waals surface area contributed by atoms with E-state index in [1.807, 2.05) is 12.1 Å². The van der Waals surface area contributed by atoms with Crippen molar-refractivity contribution >= 4 is 11.6 Å². The maximum Gasteiger partial charge on any atom is 0.141 e. The molecule has 0 radical (unpaired) electrons. The van der Waals surface area contributed by atoms with Gasteiger partial charge in [0.05, 0.1) is 18.2 Å². The highest BCUT2D eigenvalue weighted by atomic mass is 35.5. The zero-order valence-corrected chi connectivity index (χ0v) is 12.4. The van der Waals surface area contributed by atoms with E-state index in [4.69, 9.17) is 16.3 Å². The SMILES string of the molecule is COc1ccc([C@@H](O)CNCc2ccc(F)c(Cl)c2)cc1. The Kier molecular flexibility index (Phi) is 5.56. The van der Waals surface area contributed by atoms with Crippen molar-refractivity contribution in [2.75, 3.05) is 13.7 Å². The molecule has 0 saturated heterocycles. The molecule has 21 heavy (non-hydrogen) atoms. The van der Waals surface area contributed by atoms with Crippen LogP contribution in [0.25, 0.3) is 0 Å². The Hall–Kier alpha value is -1.62. The minimum atomic E-state index is -0.619. The summed E-state index contributed by atoms with van der Waals surface area (Å²) in [6.45, 7) is 0.897. The molecule has 1 atom stereocenters. The van der Waals surface area contributed by atoms with Crippen LogP contribution < -0.4 is 10.1 Å². The summed E-state index contributed by atoms with van der Waals surface area (Å²) >= 11 is 5.72. The summed E-state index contributed by atoms with van der Waals surface area (Å²) in [5.74, 6) is 0.318. The van der Waals surface area contributed by atoms with E-state index in [1.54, 1.807) is 31.4 Å². The average molecular weight is 310 g/mol. The van der Waals surface area contributed by atoms with E-state index in [2.05, 4.69) is 5.32 Å². The molecule has 2 N–H and O–H groups in total. The van der Waals surface area contributed by atoms with E-state index in [-0.39, 0.29) is 5.02 Å². The van der Waals surface area contributed by atoms with E-state index in [0.717, 1.165) is 16.9 Å². The first-order chi connectivity index (χ1) is 10.1. The first-order valence-electron chi connectivity index (χ1n) is 6.57. The summed E-state index contributed by atoms with van der Waals surface area (Å²) in [5.41, 5.74) is 1.67. The number of benzene rings is 2. The Bertz CT molecular complexity index is 589. The van der Waals surface area contributed by atoms with Gasteiger partial charge in [0, 0.05) is 13.1 Å². The lowest BCUT2D eigenvalue weighted by atomic mass is 10.1. The van der Waals surface area contributed by atoms with Gasteiger partial charge in [-0.1, -0.05) is 29.8 Å². The fourth-order valence-electron chi connectivity index (χ4n) is 1.95. The fraction of sp³-hybridized carbons (Fsp3) is 0.250. The molecule has 0 spiro atoms. The second-order valence-corrected chi connectivity index (χ2v) is 5.08. The van der Waals surface area contributed by atoms with Gasteiger partial charge in [0.1, 0.15) is 11.6 Å². The molecule has 2 aromatic rings. The molecular formula is C16H17ClFNO2. The minimum absolute atomic E-state index is 0.102. The summed E-state index contributed by atoms with van der Waals surface area (Å²) < 4.78 is 18.1. The largest absolute Gasteiger partial charge is 0.497 e. The summed E-state index contributed by atoms with van der Waals surface area (Å²) in [7, 11) is 1.60. The van der Waals surface area contributed by atoms with Gasteiger partial charge in [0.25, 0.3) is 0 Å². The van der Waals surface area contributed by atoms with E-state index < -0.39 is 11.9 Å². The van der Waals surface area contributed by atoms with Gasteiger partial charge in [-0.05, 0) is 35.4 Å². The number of hydrogen-bond acceptors (Lipinski definition) is 3. The zero-order chi connectivity index (χ0) is 15.2. The normalized spacial score (nSPS) is 12.2. The van der Waals surface area contributed by atoms with Crippen LogP contribution in [-0.4, -0.2) is 18.8 Å². The van der Waals surface area contributed by atoms with Crippen LogP contribution in [0, 0.1) is 5.82 Å². The first kappa shape index (κ1) is 15.8. The third-order valence-electron chi connectivity index (χ3n) is 3.15. The highest BCUT2D eigenvalue weighted by Gasteiger charge is 2.07. The number of hydrogen-bond donors (Lipinski definition) is 2. The number of rotatable bonds is 6. The molecule has 0 unspecified atom stereocenters. The Morgan fingerprint density at radius 1 is 1.24 bits per heavy atom. The molecular weight excluding hydrogens is 293 g/mol. The number of ether oxygens (including phenoxy) is 1. The Morgan fingerprint density at radius 2 is 1.95 bits per heavy atom. The van der Waals surface area contributed by atoms with Crippen LogP contribution in [0.1, 0.15) is 17.2 Å². The average Bonchev–Trinajstić information content (AvgIpc) is 2.51. The minimum Gasteiger partial charge on any atom is -0.497 e. The number of nitrogens with one attached hydrogen (secondary N) is 1. The van der Waals surface area contributed by atoms with Crippen molar-refractivity contribution in [3.05, 3.63) is 64.4 Å². The van der Waals surface area contributed by atoms with E-state index in [1.165, 1.54) is 6.07 Å². The van der Waals surface area contributed by atoms with Crippen LogP contribution in [-0.2, 0) is 6.54 Å². The Labute approximate surface area is 128 Å². The molecule has 0 aliphatic rings. The van der Waals surface area contributed by atoms with E-state index >= 15 is 0 Å². The molecule has 2 rings (SSSR count). The molecule has 0 amide bonds. The second kappa shape index (κ2) is 7.41. The molecule has 2 aromatic carbocycles. The summed E-state index contributed by atoms with van der Waals surface area (Å²) in [5, 5.41) is 13.3. The number of halogens is 2. The molecule has 0 bridgehead atoms. The summed E-state index contributed by atoms with van der Waals surface area (Å²) in [6, 6.07) is 11.8. The van der Waals surface area contributed by atoms with Crippen LogP contribution >= 0.6 is 11.6 Å². The third-order valence-corrected chi connectivity index (χ3v) is 3.44. The molecule has 0 aromatic heterocycles. The molecule has 0 heterocycles. The predicted molar refractivity (Wildman–Crippen MR) is 81.1 cm³/mol. The van der Waals surface area contributed by atoms with Gasteiger partial charge in [-0.2, -0.15) is 0 Å². The van der Waals surface area contributed by atoms with Crippen LogP contribution in [0.2, 0.25) is 5.02 Å². The van der Waals surface area contributed by atoms with Crippen LogP contribution in [0.4, 0.5) is 4.39 Å². The number of aliphatic hydroxyl groups is 1. The Balaban J connectivity index is 1.85. The zero-order valence-electron chi connectivity index (χ0n) is 11.6. The van der Waals surface area contributed by atoms with Crippen molar-refractivity contribution in [1.82, 2.24) is 5.32 Å². The number of aliphatic hydroxyl groups excluding tert-OH is 1. The van der Waals surface area contributed by atoms with E-state index in [9.17, 15) is 9.50 Å². The maximum atomic E-state index is 13.0. The van der Waals surface area contributed by atoms with Gasteiger partial charge in [0.2, 0.25) is 0 Å². The molecule has 112 valence electrons. The quantitative estimate of drug-likeness (QED) is 0.860. The first-order valence-corrected chi connectivity index (χ1v) is 6.94. The van der Waals surface area contributed by atoms with Gasteiger partial charge in [-0.3, -0.25) is 0 Å². The van der Waals surface area contributed by atoms with E-state index in [0.29, 0.717) is 13.1 Å². The second-order valence-electron chi connectivity index (χ2n) is 4.67. The lowest BCUT2D eigenvalue weighted by Crippen LogP contribution is -2.21. The van der Waals surface area contributed by atoms with Crippen LogP contribution in [0.15, 0.2) is 42.5 Å². The fourth-order valence-corrected chi connectivity index (χ4v) is 2.15. The van der Waals surface area contributed by atoms with Crippen molar-refractivity contribution in [1.29, 1.82) is 0 Å². The maximum absolute atomic E-state index is 13.0. The topological polar surface area (TPSA) is 41.5 Å². The molecule has 0 aliphatic heterocycles. The highest BCUT2D eigenvalue weighted by molar-refractivity contribution is 6.30. The number of methoxy groups -OCH3 is 1. The van der Waals surface area contributed by atoms with Crippen molar-refractivity contribution in [2.24, 2.45) is 0 Å². The van der Waals surface area contributed by atoms with Crippen molar-refractivity contribution < 1.29 is 14.2 Å². The lowest BCUT2D eigenvalue weighted by molar-refractivity contribution is 0.174. The third kappa shape index (κ3) is 4.43. The molecule has 0 saturated carbocycles. The lowest BCUT2D eigenvalue weighted by Gasteiger charge is -2.13. The molecule has 5 heteroatoms. The van der Waals surface area contributed by atoms with Crippen molar-refractivity contribution in [2.45, 2.75) is 12.6 Å². The van der Waals surface area contributed by atoms with Gasteiger partial charge in [-0.25, -0.2) is 4.39 Å². The van der Waals surface area contributed by atoms with Gasteiger partial charge in [-0.15, -0.1) is 0 Å². The highest BCUT2D eigenvalue weighted by Crippen LogP contribution is 2.18.